The van der Waals surface area contributed by atoms with Gasteiger partial charge in [0, 0.05) is 17.8 Å². The van der Waals surface area contributed by atoms with Gasteiger partial charge in [-0.2, -0.15) is 0 Å². The predicted octanol–water partition coefficient (Wildman–Crippen LogP) is 5.36. The Balaban J connectivity index is 1.54. The number of esters is 1. The first-order chi connectivity index (χ1) is 16.0. The third kappa shape index (κ3) is 4.83. The molecule has 33 heavy (non-hydrogen) atoms. The maximum absolute atomic E-state index is 13.3. The van der Waals surface area contributed by atoms with Gasteiger partial charge in [0.2, 0.25) is 0 Å². The van der Waals surface area contributed by atoms with Gasteiger partial charge in [-0.05, 0) is 54.8 Å². The molecule has 1 heterocycles. The van der Waals surface area contributed by atoms with Crippen molar-refractivity contribution in [3.8, 4) is 0 Å². The maximum atomic E-state index is 13.3. The molecule has 1 aliphatic rings. The molecule has 1 aliphatic heterocycles. The first-order valence-electron chi connectivity index (χ1n) is 10.4. The van der Waals surface area contributed by atoms with Crippen LogP contribution in [-0.2, 0) is 11.2 Å². The smallest absolute Gasteiger partial charge is 0.339 e. The van der Waals surface area contributed by atoms with Gasteiger partial charge in [-0.15, -0.1) is 0 Å². The van der Waals surface area contributed by atoms with Crippen molar-refractivity contribution < 1.29 is 19.1 Å². The van der Waals surface area contributed by atoms with Crippen LogP contribution in [0.3, 0.4) is 0 Å². The number of anilines is 3. The number of methoxy groups -OCH3 is 1. The number of nitrogens with one attached hydrogen (secondary N) is 2. The molecule has 3 aromatic carbocycles. The predicted molar refractivity (Wildman–Crippen MR) is 128 cm³/mol. The van der Waals surface area contributed by atoms with E-state index < -0.39 is 12.0 Å². The Kier molecular flexibility index (Phi) is 6.60. The van der Waals surface area contributed by atoms with Crippen LogP contribution in [0.4, 0.5) is 21.9 Å². The van der Waals surface area contributed by atoms with Crippen LogP contribution in [0, 0.1) is 0 Å². The summed E-state index contributed by atoms with van der Waals surface area (Å²) in [5, 5.41) is 5.56. The van der Waals surface area contributed by atoms with Crippen molar-refractivity contribution in [3.63, 3.8) is 0 Å². The summed E-state index contributed by atoms with van der Waals surface area (Å²) in [5.74, 6) is -0.739. The molecule has 0 unspecified atom stereocenters. The molecule has 0 atom stereocenters. The number of aryl methyl sites for hydroxylation is 1. The highest BCUT2D eigenvalue weighted by atomic mass is 35.5. The number of urea groups is 1. The van der Waals surface area contributed by atoms with Crippen LogP contribution in [-0.4, -0.2) is 31.6 Å². The number of para-hydroxylation sites is 2. The molecule has 3 aromatic rings. The highest BCUT2D eigenvalue weighted by molar-refractivity contribution is 6.34. The van der Waals surface area contributed by atoms with Crippen molar-refractivity contribution in [2.45, 2.75) is 12.8 Å². The van der Waals surface area contributed by atoms with Gasteiger partial charge in [0.1, 0.15) is 0 Å². The van der Waals surface area contributed by atoms with Crippen molar-refractivity contribution in [1.82, 2.24) is 0 Å². The van der Waals surface area contributed by atoms with Crippen LogP contribution in [0.2, 0.25) is 5.02 Å². The standard InChI is InChI=1S/C25H22ClN3O4/c1-33-24(31)18-9-3-4-10-20(18)27-25(32)28-21-15-17(12-13-19(21)26)23(30)29-14-6-8-16-7-2-5-11-22(16)29/h2-5,7,9-13,15H,6,8,14H2,1H3,(H2,27,28,32). The average Bonchev–Trinajstić information content (AvgIpc) is 2.84. The number of hydrogen-bond acceptors (Lipinski definition) is 4. The Morgan fingerprint density at radius 1 is 0.939 bits per heavy atom. The summed E-state index contributed by atoms with van der Waals surface area (Å²) in [6.07, 6.45) is 1.81. The zero-order chi connectivity index (χ0) is 23.4. The highest BCUT2D eigenvalue weighted by Gasteiger charge is 2.24. The molecule has 0 radical (unpaired) electrons. The zero-order valence-corrected chi connectivity index (χ0v) is 18.7. The fraction of sp³-hybridized carbons (Fsp3) is 0.160. The number of fused-ring (bicyclic) bond motifs is 1. The second-order valence-electron chi connectivity index (χ2n) is 7.50. The van der Waals surface area contributed by atoms with E-state index in [0.717, 1.165) is 24.1 Å². The molecule has 0 saturated heterocycles. The van der Waals surface area contributed by atoms with E-state index in [9.17, 15) is 14.4 Å². The summed E-state index contributed by atoms with van der Waals surface area (Å²) in [7, 11) is 1.27. The summed E-state index contributed by atoms with van der Waals surface area (Å²) in [6, 6.07) is 18.5. The van der Waals surface area contributed by atoms with Crippen LogP contribution in [0.5, 0.6) is 0 Å². The summed E-state index contributed by atoms with van der Waals surface area (Å²) >= 11 is 6.28. The second-order valence-corrected chi connectivity index (χ2v) is 7.91. The minimum Gasteiger partial charge on any atom is -0.465 e. The molecule has 4 rings (SSSR count). The Labute approximate surface area is 196 Å². The van der Waals surface area contributed by atoms with Crippen LogP contribution in [0.1, 0.15) is 32.7 Å². The summed E-state index contributed by atoms with van der Waals surface area (Å²) in [6.45, 7) is 0.617. The summed E-state index contributed by atoms with van der Waals surface area (Å²) in [4.78, 5) is 39.6. The molecule has 0 fully saturated rings. The quantitative estimate of drug-likeness (QED) is 0.509. The number of ether oxygens (including phenoxy) is 1. The fourth-order valence-corrected chi connectivity index (χ4v) is 3.98. The average molecular weight is 464 g/mol. The first kappa shape index (κ1) is 22.4. The third-order valence-electron chi connectivity index (χ3n) is 5.40. The molecule has 2 N–H and O–H groups in total. The molecule has 7 nitrogen and oxygen atoms in total. The molecular weight excluding hydrogens is 442 g/mol. The van der Waals surface area contributed by atoms with Crippen molar-refractivity contribution in [3.05, 3.63) is 88.4 Å². The fourth-order valence-electron chi connectivity index (χ4n) is 3.81. The Morgan fingerprint density at radius 3 is 2.48 bits per heavy atom. The SMILES string of the molecule is COC(=O)c1ccccc1NC(=O)Nc1cc(C(=O)N2CCCc3ccccc32)ccc1Cl. The molecule has 0 aliphatic carbocycles. The highest BCUT2D eigenvalue weighted by Crippen LogP contribution is 2.30. The van der Waals surface area contributed by atoms with Crippen LogP contribution in [0.25, 0.3) is 0 Å². The van der Waals surface area contributed by atoms with E-state index in [1.807, 2.05) is 24.3 Å². The number of rotatable bonds is 4. The van der Waals surface area contributed by atoms with E-state index in [0.29, 0.717) is 12.1 Å². The van der Waals surface area contributed by atoms with Gasteiger partial charge in [0.15, 0.2) is 0 Å². The lowest BCUT2D eigenvalue weighted by molar-refractivity contribution is 0.0601. The monoisotopic (exact) mass is 463 g/mol. The number of carbonyl (C=O) groups excluding carboxylic acids is 3. The minimum absolute atomic E-state index is 0.168. The number of amides is 3. The van der Waals surface area contributed by atoms with Crippen molar-refractivity contribution in [2.24, 2.45) is 0 Å². The molecule has 0 aromatic heterocycles. The molecule has 0 bridgehead atoms. The van der Waals surface area contributed by atoms with E-state index in [1.165, 1.54) is 7.11 Å². The number of benzene rings is 3. The number of hydrogen-bond donors (Lipinski definition) is 2. The molecule has 3 amide bonds. The lowest BCUT2D eigenvalue weighted by Gasteiger charge is -2.29. The van der Waals surface area contributed by atoms with Gasteiger partial charge in [-0.1, -0.05) is 41.9 Å². The Bertz CT molecular complexity index is 1230. The third-order valence-corrected chi connectivity index (χ3v) is 5.73. The van der Waals surface area contributed by atoms with E-state index in [4.69, 9.17) is 16.3 Å². The molecule has 0 saturated carbocycles. The van der Waals surface area contributed by atoms with Crippen LogP contribution >= 0.6 is 11.6 Å². The van der Waals surface area contributed by atoms with Crippen molar-refractivity contribution >= 4 is 46.6 Å². The summed E-state index contributed by atoms with van der Waals surface area (Å²) in [5.41, 5.74) is 3.22. The van der Waals surface area contributed by atoms with E-state index in [-0.39, 0.29) is 27.9 Å². The van der Waals surface area contributed by atoms with Crippen molar-refractivity contribution in [2.75, 3.05) is 29.2 Å². The maximum Gasteiger partial charge on any atom is 0.339 e. The molecule has 8 heteroatoms. The lowest BCUT2D eigenvalue weighted by atomic mass is 10.0. The Hall–Kier alpha value is -3.84. The van der Waals surface area contributed by atoms with E-state index >= 15 is 0 Å². The van der Waals surface area contributed by atoms with Crippen LogP contribution in [0.15, 0.2) is 66.7 Å². The van der Waals surface area contributed by atoms with Gasteiger partial charge < -0.3 is 20.3 Å². The molecule has 0 spiro atoms. The van der Waals surface area contributed by atoms with Gasteiger partial charge in [-0.25, -0.2) is 9.59 Å². The lowest BCUT2D eigenvalue weighted by Crippen LogP contribution is -2.35. The van der Waals surface area contributed by atoms with Crippen LogP contribution < -0.4 is 15.5 Å². The van der Waals surface area contributed by atoms with Crippen molar-refractivity contribution in [1.29, 1.82) is 0 Å². The van der Waals surface area contributed by atoms with Gasteiger partial charge in [0.05, 0.1) is 29.1 Å². The normalized spacial score (nSPS) is 12.5. The van der Waals surface area contributed by atoms with Gasteiger partial charge in [0.25, 0.3) is 5.91 Å². The van der Waals surface area contributed by atoms with E-state index in [1.54, 1.807) is 47.4 Å². The number of nitrogens with zero attached hydrogens (tertiary/aromatic N) is 1. The molecule has 168 valence electrons. The molecular formula is C25H22ClN3O4. The number of carbonyl (C=O) groups is 3. The largest absolute Gasteiger partial charge is 0.465 e. The Morgan fingerprint density at radius 2 is 1.67 bits per heavy atom. The topological polar surface area (TPSA) is 87.7 Å². The van der Waals surface area contributed by atoms with Gasteiger partial charge in [-0.3, -0.25) is 4.79 Å². The van der Waals surface area contributed by atoms with E-state index in [2.05, 4.69) is 10.6 Å². The zero-order valence-electron chi connectivity index (χ0n) is 17.9. The van der Waals surface area contributed by atoms with Gasteiger partial charge >= 0.3 is 12.0 Å². The second kappa shape index (κ2) is 9.75. The summed E-state index contributed by atoms with van der Waals surface area (Å²) < 4.78 is 4.75. The minimum atomic E-state index is -0.610. The number of halogens is 1. The first-order valence-corrected chi connectivity index (χ1v) is 10.8.